The van der Waals surface area contributed by atoms with E-state index in [1.165, 1.54) is 17.0 Å². The average Bonchev–Trinajstić information content (AvgIpc) is 2.75. The van der Waals surface area contributed by atoms with Gasteiger partial charge in [0.1, 0.15) is 5.82 Å². The first-order valence-electron chi connectivity index (χ1n) is 7.05. The van der Waals surface area contributed by atoms with E-state index < -0.39 is 6.10 Å². The first-order valence-corrected chi connectivity index (χ1v) is 7.87. The standard InChI is InChI=1S/C16H21FN2OS/c1-10(18-9-16-11(2)19-12(3)21-16)8-15(20)13-4-6-14(17)7-5-13/h4-7,10,15,18,20H,8-9H2,1-3H3/t10-,15+/m1/s1. The highest BCUT2D eigenvalue weighted by Gasteiger charge is 2.13. The second kappa shape index (κ2) is 7.11. The van der Waals surface area contributed by atoms with Gasteiger partial charge in [-0.05, 0) is 44.9 Å². The Morgan fingerprint density at radius 2 is 1.95 bits per heavy atom. The van der Waals surface area contributed by atoms with Gasteiger partial charge >= 0.3 is 0 Å². The minimum atomic E-state index is -0.586. The number of aryl methyl sites for hydroxylation is 2. The summed E-state index contributed by atoms with van der Waals surface area (Å²) in [6, 6.07) is 6.17. The normalized spacial score (nSPS) is 14.1. The molecule has 2 N–H and O–H groups in total. The first-order chi connectivity index (χ1) is 9.95. The highest BCUT2D eigenvalue weighted by molar-refractivity contribution is 7.11. The summed E-state index contributed by atoms with van der Waals surface area (Å²) in [5.74, 6) is -0.284. The van der Waals surface area contributed by atoms with Crippen LogP contribution in [0.15, 0.2) is 24.3 Å². The molecule has 114 valence electrons. The average molecular weight is 308 g/mol. The van der Waals surface area contributed by atoms with Gasteiger partial charge in [0.05, 0.1) is 16.8 Å². The summed E-state index contributed by atoms with van der Waals surface area (Å²) in [7, 11) is 0. The highest BCUT2D eigenvalue weighted by Crippen LogP contribution is 2.20. The van der Waals surface area contributed by atoms with Gasteiger partial charge in [-0.15, -0.1) is 11.3 Å². The van der Waals surface area contributed by atoms with Crippen molar-refractivity contribution >= 4 is 11.3 Å². The Labute approximate surface area is 128 Å². The van der Waals surface area contributed by atoms with Gasteiger partial charge in [0, 0.05) is 17.5 Å². The molecule has 2 aromatic rings. The van der Waals surface area contributed by atoms with Gasteiger partial charge < -0.3 is 10.4 Å². The Kier molecular flexibility index (Phi) is 5.45. The number of aliphatic hydroxyl groups is 1. The van der Waals surface area contributed by atoms with E-state index >= 15 is 0 Å². The number of nitrogens with one attached hydrogen (secondary N) is 1. The Bertz CT molecular complexity index is 582. The molecule has 0 aliphatic rings. The van der Waals surface area contributed by atoms with Crippen LogP contribution in [0, 0.1) is 19.7 Å². The molecule has 0 bridgehead atoms. The number of aliphatic hydroxyl groups excluding tert-OH is 1. The molecule has 0 aliphatic carbocycles. The molecular formula is C16H21FN2OS. The number of rotatable bonds is 6. The minimum absolute atomic E-state index is 0.159. The third-order valence-corrected chi connectivity index (χ3v) is 4.52. The molecule has 0 unspecified atom stereocenters. The van der Waals surface area contributed by atoms with Crippen LogP contribution < -0.4 is 5.32 Å². The fraction of sp³-hybridized carbons (Fsp3) is 0.438. The molecule has 0 radical (unpaired) electrons. The summed E-state index contributed by atoms with van der Waals surface area (Å²) < 4.78 is 12.9. The SMILES string of the molecule is Cc1nc(C)c(CN[C@H](C)C[C@H](O)c2ccc(F)cc2)s1. The van der Waals surface area contributed by atoms with Crippen LogP contribution in [-0.2, 0) is 6.54 Å². The lowest BCUT2D eigenvalue weighted by Gasteiger charge is -2.18. The number of aromatic nitrogens is 1. The topological polar surface area (TPSA) is 45.2 Å². The van der Waals surface area contributed by atoms with Crippen LogP contribution >= 0.6 is 11.3 Å². The summed E-state index contributed by atoms with van der Waals surface area (Å²) >= 11 is 1.70. The van der Waals surface area contributed by atoms with Gasteiger partial charge in [-0.3, -0.25) is 0 Å². The molecule has 3 nitrogen and oxygen atoms in total. The van der Waals surface area contributed by atoms with Crippen molar-refractivity contribution in [2.45, 2.75) is 45.9 Å². The van der Waals surface area contributed by atoms with Crippen molar-refractivity contribution in [2.24, 2.45) is 0 Å². The van der Waals surface area contributed by atoms with Crippen LogP contribution in [0.1, 0.15) is 40.6 Å². The smallest absolute Gasteiger partial charge is 0.123 e. The van der Waals surface area contributed by atoms with Gasteiger partial charge in [-0.25, -0.2) is 9.37 Å². The summed E-state index contributed by atoms with van der Waals surface area (Å²) in [5, 5.41) is 14.6. The molecule has 2 rings (SSSR count). The molecule has 1 heterocycles. The molecule has 1 aromatic carbocycles. The zero-order chi connectivity index (χ0) is 15.4. The maximum atomic E-state index is 12.9. The fourth-order valence-electron chi connectivity index (χ4n) is 2.24. The number of nitrogens with zero attached hydrogens (tertiary/aromatic N) is 1. The molecule has 5 heteroatoms. The Hall–Kier alpha value is -1.30. The zero-order valence-corrected chi connectivity index (χ0v) is 13.4. The predicted octanol–water partition coefficient (Wildman–Crippen LogP) is 3.50. The lowest BCUT2D eigenvalue weighted by atomic mass is 10.0. The summed E-state index contributed by atoms with van der Waals surface area (Å²) in [6.07, 6.45) is 0.0000332. The lowest BCUT2D eigenvalue weighted by Crippen LogP contribution is -2.27. The van der Waals surface area contributed by atoms with E-state index in [0.29, 0.717) is 6.42 Å². The molecule has 0 fully saturated rings. The van der Waals surface area contributed by atoms with Crippen LogP contribution in [0.5, 0.6) is 0 Å². The summed E-state index contributed by atoms with van der Waals surface area (Å²) in [4.78, 5) is 5.63. The zero-order valence-electron chi connectivity index (χ0n) is 12.6. The molecular weight excluding hydrogens is 287 g/mol. The van der Waals surface area contributed by atoms with Crippen molar-refractivity contribution in [1.29, 1.82) is 0 Å². The molecule has 0 aliphatic heterocycles. The third kappa shape index (κ3) is 4.59. The third-order valence-electron chi connectivity index (χ3n) is 3.44. The van der Waals surface area contributed by atoms with Crippen molar-refractivity contribution in [3.63, 3.8) is 0 Å². The van der Waals surface area contributed by atoms with Gasteiger partial charge in [0.15, 0.2) is 0 Å². The van der Waals surface area contributed by atoms with E-state index in [2.05, 4.69) is 10.3 Å². The maximum absolute atomic E-state index is 12.9. The second-order valence-corrected chi connectivity index (χ2v) is 6.61. The van der Waals surface area contributed by atoms with E-state index in [-0.39, 0.29) is 11.9 Å². The van der Waals surface area contributed by atoms with Gasteiger partial charge in [0.2, 0.25) is 0 Å². The van der Waals surface area contributed by atoms with Gasteiger partial charge in [0.25, 0.3) is 0 Å². The Morgan fingerprint density at radius 3 is 2.52 bits per heavy atom. The van der Waals surface area contributed by atoms with E-state index in [1.54, 1.807) is 23.5 Å². The summed E-state index contributed by atoms with van der Waals surface area (Å²) in [6.45, 7) is 6.81. The lowest BCUT2D eigenvalue weighted by molar-refractivity contribution is 0.154. The van der Waals surface area contributed by atoms with Gasteiger partial charge in [-0.2, -0.15) is 0 Å². The van der Waals surface area contributed by atoms with Crippen molar-refractivity contribution in [2.75, 3.05) is 0 Å². The van der Waals surface area contributed by atoms with Crippen LogP contribution in [0.2, 0.25) is 0 Å². The van der Waals surface area contributed by atoms with E-state index in [4.69, 9.17) is 0 Å². The minimum Gasteiger partial charge on any atom is -0.388 e. The largest absolute Gasteiger partial charge is 0.388 e. The predicted molar refractivity (Wildman–Crippen MR) is 83.9 cm³/mol. The van der Waals surface area contributed by atoms with Crippen LogP contribution in [0.3, 0.4) is 0 Å². The maximum Gasteiger partial charge on any atom is 0.123 e. The van der Waals surface area contributed by atoms with E-state index in [0.717, 1.165) is 22.8 Å². The molecule has 0 saturated carbocycles. The molecule has 21 heavy (non-hydrogen) atoms. The van der Waals surface area contributed by atoms with Crippen LogP contribution in [0.4, 0.5) is 4.39 Å². The van der Waals surface area contributed by atoms with Crippen molar-refractivity contribution in [3.8, 4) is 0 Å². The Balaban J connectivity index is 1.85. The van der Waals surface area contributed by atoms with Gasteiger partial charge in [-0.1, -0.05) is 12.1 Å². The molecule has 2 atom stereocenters. The number of benzene rings is 1. The highest BCUT2D eigenvalue weighted by atomic mass is 32.1. The Morgan fingerprint density at radius 1 is 1.29 bits per heavy atom. The molecule has 0 spiro atoms. The number of halogens is 1. The van der Waals surface area contributed by atoms with Crippen LogP contribution in [-0.4, -0.2) is 16.1 Å². The van der Waals surface area contributed by atoms with Crippen LogP contribution in [0.25, 0.3) is 0 Å². The van der Waals surface area contributed by atoms with Crippen molar-refractivity contribution in [3.05, 3.63) is 51.2 Å². The number of hydrogen-bond donors (Lipinski definition) is 2. The fourth-order valence-corrected chi connectivity index (χ4v) is 3.13. The quantitative estimate of drug-likeness (QED) is 0.858. The van der Waals surface area contributed by atoms with Crippen molar-refractivity contribution in [1.82, 2.24) is 10.3 Å². The number of thiazole rings is 1. The second-order valence-electron chi connectivity index (χ2n) is 5.33. The number of hydrogen-bond acceptors (Lipinski definition) is 4. The molecule has 0 saturated heterocycles. The molecule has 0 amide bonds. The van der Waals surface area contributed by atoms with Crippen molar-refractivity contribution < 1.29 is 9.50 Å². The van der Waals surface area contributed by atoms with E-state index in [9.17, 15) is 9.50 Å². The van der Waals surface area contributed by atoms with E-state index in [1.807, 2.05) is 20.8 Å². The molecule has 1 aromatic heterocycles. The monoisotopic (exact) mass is 308 g/mol. The first kappa shape index (κ1) is 16.1. The summed E-state index contributed by atoms with van der Waals surface area (Å²) in [5.41, 5.74) is 1.81.